The van der Waals surface area contributed by atoms with Crippen LogP contribution in [0.2, 0.25) is 0 Å². The number of piperidine rings is 1. The van der Waals surface area contributed by atoms with Crippen molar-refractivity contribution < 1.29 is 14.3 Å². The molecule has 2 aliphatic heterocycles. The normalized spacial score (nSPS) is 31.7. The van der Waals surface area contributed by atoms with Crippen LogP contribution in [0.4, 0.5) is 4.79 Å². The van der Waals surface area contributed by atoms with E-state index < -0.39 is 5.60 Å². The molecule has 1 aliphatic carbocycles. The van der Waals surface area contributed by atoms with Gasteiger partial charge in [-0.3, -0.25) is 9.69 Å². The summed E-state index contributed by atoms with van der Waals surface area (Å²) in [5.74, 6) is 1.40. The van der Waals surface area contributed by atoms with Crippen LogP contribution in [-0.2, 0) is 9.53 Å². The van der Waals surface area contributed by atoms with Gasteiger partial charge in [0.2, 0.25) is 5.91 Å². The Hall–Kier alpha value is -2.96. The number of ether oxygens (including phenoxy) is 1. The molecule has 2 aromatic rings. The highest BCUT2D eigenvalue weighted by molar-refractivity contribution is 5.80. The van der Waals surface area contributed by atoms with E-state index in [0.29, 0.717) is 12.5 Å². The molecule has 3 heterocycles. The van der Waals surface area contributed by atoms with Crippen LogP contribution in [0.3, 0.4) is 0 Å². The highest BCUT2D eigenvalue weighted by atomic mass is 16.6. The average molecular weight is 449 g/mol. The summed E-state index contributed by atoms with van der Waals surface area (Å²) in [7, 11) is 0. The summed E-state index contributed by atoms with van der Waals surface area (Å²) in [4.78, 5) is 36.5. The van der Waals surface area contributed by atoms with E-state index in [2.05, 4.69) is 27.4 Å². The number of carbonyl (C=O) groups excluding carboxylic acids is 2. The molecule has 7 heteroatoms. The summed E-state index contributed by atoms with van der Waals surface area (Å²) in [5, 5.41) is 3.09. The molecule has 3 atom stereocenters. The number of cyclic esters (lactones) is 1. The third-order valence-corrected chi connectivity index (χ3v) is 7.67. The Kier molecular flexibility index (Phi) is 5.81. The first-order valence-corrected chi connectivity index (χ1v) is 12.0. The molecule has 0 spiro atoms. The molecule has 0 radical (unpaired) electrons. The molecular weight excluding hydrogens is 416 g/mol. The Morgan fingerprint density at radius 2 is 1.70 bits per heavy atom. The Bertz CT molecular complexity index is 989. The van der Waals surface area contributed by atoms with Crippen LogP contribution < -0.4 is 5.32 Å². The molecule has 7 nitrogen and oxygen atoms in total. The molecule has 2 amide bonds. The third kappa shape index (κ3) is 4.21. The Balaban J connectivity index is 1.28. The lowest BCUT2D eigenvalue weighted by atomic mass is 9.72. The van der Waals surface area contributed by atoms with Crippen molar-refractivity contribution in [1.82, 2.24) is 20.2 Å². The molecule has 1 aromatic carbocycles. The first-order chi connectivity index (χ1) is 15.9. The number of carbonyl (C=O) groups is 2. The Labute approximate surface area is 194 Å². The largest absolute Gasteiger partial charge is 0.441 e. The summed E-state index contributed by atoms with van der Waals surface area (Å²) in [6.45, 7) is 4.58. The Morgan fingerprint density at radius 3 is 2.39 bits per heavy atom. The van der Waals surface area contributed by atoms with Crippen LogP contribution in [0.5, 0.6) is 0 Å². The molecule has 1 N–H and O–H groups in total. The van der Waals surface area contributed by atoms with E-state index in [9.17, 15) is 9.59 Å². The molecule has 1 aromatic heterocycles. The summed E-state index contributed by atoms with van der Waals surface area (Å²) in [5.41, 5.74) is 0.523. The molecule has 174 valence electrons. The highest BCUT2D eigenvalue weighted by Crippen LogP contribution is 2.46. The SMILES string of the molecule is CC1(C)OC(=O)N(C2CCC(C3CC(c4ncccn4)CNC3=O)CC2)[C@H]1c1ccccc1. The molecule has 3 fully saturated rings. The van der Waals surface area contributed by atoms with Crippen LogP contribution in [0.1, 0.15) is 69.3 Å². The highest BCUT2D eigenvalue weighted by Gasteiger charge is 2.51. The zero-order valence-electron chi connectivity index (χ0n) is 19.3. The lowest BCUT2D eigenvalue weighted by Gasteiger charge is -2.41. The quantitative estimate of drug-likeness (QED) is 0.757. The molecule has 1 saturated carbocycles. The Morgan fingerprint density at radius 1 is 1.00 bits per heavy atom. The van der Waals surface area contributed by atoms with Gasteiger partial charge in [-0.15, -0.1) is 0 Å². The van der Waals surface area contributed by atoms with Gasteiger partial charge in [0.15, 0.2) is 0 Å². The number of nitrogens with one attached hydrogen (secondary N) is 1. The van der Waals surface area contributed by atoms with Crippen molar-refractivity contribution in [3.05, 3.63) is 60.2 Å². The molecule has 2 unspecified atom stereocenters. The third-order valence-electron chi connectivity index (χ3n) is 7.67. The number of benzene rings is 1. The van der Waals surface area contributed by atoms with Crippen molar-refractivity contribution in [2.45, 2.75) is 69.6 Å². The van der Waals surface area contributed by atoms with Crippen molar-refractivity contribution in [2.75, 3.05) is 6.54 Å². The summed E-state index contributed by atoms with van der Waals surface area (Å²) < 4.78 is 5.81. The predicted molar refractivity (Wildman–Crippen MR) is 123 cm³/mol. The second kappa shape index (κ2) is 8.76. The van der Waals surface area contributed by atoms with Gasteiger partial charge in [0.25, 0.3) is 0 Å². The van der Waals surface area contributed by atoms with E-state index in [-0.39, 0.29) is 35.9 Å². The summed E-state index contributed by atoms with van der Waals surface area (Å²) in [6, 6.07) is 12.0. The van der Waals surface area contributed by atoms with E-state index in [4.69, 9.17) is 4.74 Å². The molecule has 5 rings (SSSR count). The van der Waals surface area contributed by atoms with Crippen molar-refractivity contribution in [1.29, 1.82) is 0 Å². The second-order valence-corrected chi connectivity index (χ2v) is 10.2. The minimum absolute atomic E-state index is 0.0274. The lowest BCUT2D eigenvalue weighted by molar-refractivity contribution is -0.129. The minimum Gasteiger partial charge on any atom is -0.441 e. The van der Waals surface area contributed by atoms with Gasteiger partial charge >= 0.3 is 6.09 Å². The van der Waals surface area contributed by atoms with Crippen LogP contribution in [-0.4, -0.2) is 45.1 Å². The van der Waals surface area contributed by atoms with E-state index in [1.165, 1.54) is 0 Å². The molecule has 33 heavy (non-hydrogen) atoms. The molecule has 3 aliphatic rings. The van der Waals surface area contributed by atoms with Crippen molar-refractivity contribution in [3.8, 4) is 0 Å². The van der Waals surface area contributed by atoms with E-state index in [1.807, 2.05) is 43.0 Å². The molecular formula is C26H32N4O3. The second-order valence-electron chi connectivity index (χ2n) is 10.2. The fraction of sp³-hybridized carbons (Fsp3) is 0.538. The van der Waals surface area contributed by atoms with Gasteiger partial charge in [0, 0.05) is 36.8 Å². The van der Waals surface area contributed by atoms with Gasteiger partial charge in [0.1, 0.15) is 11.4 Å². The van der Waals surface area contributed by atoms with E-state index >= 15 is 0 Å². The monoisotopic (exact) mass is 448 g/mol. The van der Waals surface area contributed by atoms with Crippen molar-refractivity contribution in [3.63, 3.8) is 0 Å². The fourth-order valence-corrected chi connectivity index (χ4v) is 6.09. The maximum absolute atomic E-state index is 12.9. The van der Waals surface area contributed by atoms with Gasteiger partial charge < -0.3 is 10.1 Å². The average Bonchev–Trinajstić information content (AvgIpc) is 3.08. The van der Waals surface area contributed by atoms with Crippen molar-refractivity contribution >= 4 is 12.0 Å². The number of hydrogen-bond acceptors (Lipinski definition) is 5. The maximum atomic E-state index is 12.9. The van der Waals surface area contributed by atoms with Crippen LogP contribution >= 0.6 is 0 Å². The van der Waals surface area contributed by atoms with Gasteiger partial charge in [-0.1, -0.05) is 30.3 Å². The first-order valence-electron chi connectivity index (χ1n) is 12.0. The van der Waals surface area contributed by atoms with Gasteiger partial charge in [-0.2, -0.15) is 0 Å². The van der Waals surface area contributed by atoms with Crippen molar-refractivity contribution in [2.24, 2.45) is 11.8 Å². The molecule has 0 bridgehead atoms. The lowest BCUT2D eigenvalue weighted by Crippen LogP contribution is -2.47. The van der Waals surface area contributed by atoms with E-state index in [1.54, 1.807) is 12.4 Å². The number of rotatable bonds is 4. The van der Waals surface area contributed by atoms with E-state index in [0.717, 1.165) is 43.5 Å². The fourth-order valence-electron chi connectivity index (χ4n) is 6.09. The zero-order valence-corrected chi connectivity index (χ0v) is 19.3. The maximum Gasteiger partial charge on any atom is 0.411 e. The number of aromatic nitrogens is 2. The predicted octanol–water partition coefficient (Wildman–Crippen LogP) is 4.23. The van der Waals surface area contributed by atoms with Crippen LogP contribution in [0.25, 0.3) is 0 Å². The molecule has 2 saturated heterocycles. The van der Waals surface area contributed by atoms with Gasteiger partial charge in [-0.05, 0) is 63.5 Å². The zero-order chi connectivity index (χ0) is 23.0. The standard InChI is InChI=1S/C26H32N4O3/c1-26(2)22(18-7-4-3-5-8-18)30(25(32)33-26)20-11-9-17(10-12-20)21-15-19(16-29-24(21)31)23-27-13-6-14-28-23/h3-8,13-14,17,19-22H,9-12,15-16H2,1-2H3,(H,29,31)/t17?,19?,20?,21?,22-/m0/s1. The summed E-state index contributed by atoms with van der Waals surface area (Å²) >= 11 is 0. The van der Waals surface area contributed by atoms with Gasteiger partial charge in [-0.25, -0.2) is 14.8 Å². The number of hydrogen-bond donors (Lipinski definition) is 1. The topological polar surface area (TPSA) is 84.4 Å². The minimum atomic E-state index is -0.582. The number of amides is 2. The number of nitrogens with zero attached hydrogens (tertiary/aromatic N) is 3. The van der Waals surface area contributed by atoms with Crippen LogP contribution in [0, 0.1) is 11.8 Å². The smallest absolute Gasteiger partial charge is 0.411 e. The van der Waals surface area contributed by atoms with Crippen LogP contribution in [0.15, 0.2) is 48.8 Å². The summed E-state index contributed by atoms with van der Waals surface area (Å²) in [6.07, 6.45) is 7.71. The van der Waals surface area contributed by atoms with Gasteiger partial charge in [0.05, 0.1) is 6.04 Å². The first kappa shape index (κ1) is 21.9.